The van der Waals surface area contributed by atoms with E-state index < -0.39 is 5.91 Å². The van der Waals surface area contributed by atoms with Crippen LogP contribution >= 0.6 is 23.1 Å². The van der Waals surface area contributed by atoms with Crippen molar-refractivity contribution in [2.75, 3.05) is 12.3 Å². The number of nitrogens with zero attached hydrogens (tertiary/aromatic N) is 2. The van der Waals surface area contributed by atoms with E-state index in [0.29, 0.717) is 12.3 Å². The number of thiophene rings is 1. The largest absolute Gasteiger partial charge is 0.507 e. The molecule has 124 valence electrons. The van der Waals surface area contributed by atoms with Gasteiger partial charge < -0.3 is 10.8 Å². The number of benzene rings is 1. The predicted molar refractivity (Wildman–Crippen MR) is 99.1 cm³/mol. The smallest absolute Gasteiger partial charge is 0.252 e. The van der Waals surface area contributed by atoms with Gasteiger partial charge >= 0.3 is 0 Å². The molecule has 0 saturated carbocycles. The van der Waals surface area contributed by atoms with Gasteiger partial charge in [-0.25, -0.2) is 0 Å². The van der Waals surface area contributed by atoms with Crippen LogP contribution in [-0.2, 0) is 6.42 Å². The van der Waals surface area contributed by atoms with Gasteiger partial charge in [0.1, 0.15) is 5.75 Å². The van der Waals surface area contributed by atoms with Gasteiger partial charge in [-0.15, -0.1) is 11.3 Å². The number of hydrazone groups is 1. The molecule has 0 atom stereocenters. The lowest BCUT2D eigenvalue weighted by Crippen LogP contribution is -2.26. The van der Waals surface area contributed by atoms with E-state index in [0.717, 1.165) is 22.9 Å². The molecule has 4 N–H and O–H groups in total. The van der Waals surface area contributed by atoms with E-state index in [1.54, 1.807) is 35.2 Å². The first-order valence-corrected chi connectivity index (χ1v) is 9.15. The molecular formula is C16H16N4O2S2. The van der Waals surface area contributed by atoms with Crippen molar-refractivity contribution in [2.45, 2.75) is 6.42 Å². The number of nitrogens with two attached hydrogens (primary N) is 1. The van der Waals surface area contributed by atoms with Gasteiger partial charge in [0, 0.05) is 23.6 Å². The molecule has 0 unspecified atom stereocenters. The first-order valence-electron chi connectivity index (χ1n) is 7.29. The number of thioether (sulfide) groups is 1. The number of carbonyl (C=O) groups excluding carboxylic acids is 1. The third kappa shape index (κ3) is 3.95. The highest BCUT2D eigenvalue weighted by atomic mass is 32.2. The fraction of sp³-hybridized carbons (Fsp3) is 0.188. The van der Waals surface area contributed by atoms with Crippen molar-refractivity contribution in [3.8, 4) is 5.75 Å². The standard InChI is InChI=1S/C16H16N4O2S2/c17-15(22)12-8-10(3-4-14(12)21)13-9-24-16(20-19-13)18-6-5-11-2-1-7-23-11/h1-4,7-8,21H,5-6,9H2,(H2,17,22)(H,18,20). The number of phenols is 1. The molecular weight excluding hydrogens is 344 g/mol. The van der Waals surface area contributed by atoms with Crippen LogP contribution in [0.1, 0.15) is 20.8 Å². The number of amides is 1. The molecule has 1 aliphatic rings. The minimum absolute atomic E-state index is 0.0932. The molecule has 3 rings (SSSR count). The average Bonchev–Trinajstić information content (AvgIpc) is 3.09. The zero-order valence-corrected chi connectivity index (χ0v) is 14.4. The van der Waals surface area contributed by atoms with Crippen LogP contribution in [0.25, 0.3) is 0 Å². The summed E-state index contributed by atoms with van der Waals surface area (Å²) in [6.07, 6.45) is 0.917. The fourth-order valence-electron chi connectivity index (χ4n) is 2.18. The normalized spacial score (nSPS) is 15.8. The summed E-state index contributed by atoms with van der Waals surface area (Å²) in [7, 11) is 0. The quantitative estimate of drug-likeness (QED) is 0.761. The van der Waals surface area contributed by atoms with Crippen molar-refractivity contribution in [3.05, 3.63) is 51.7 Å². The minimum atomic E-state index is -0.665. The van der Waals surface area contributed by atoms with E-state index in [2.05, 4.69) is 27.0 Å². The highest BCUT2D eigenvalue weighted by Crippen LogP contribution is 2.21. The molecule has 8 heteroatoms. The number of rotatable bonds is 5. The van der Waals surface area contributed by atoms with Gasteiger partial charge in [-0.3, -0.25) is 15.2 Å². The third-order valence-electron chi connectivity index (χ3n) is 3.42. The minimum Gasteiger partial charge on any atom is -0.507 e. The number of amidine groups is 1. The van der Waals surface area contributed by atoms with Crippen molar-refractivity contribution in [1.82, 2.24) is 5.43 Å². The van der Waals surface area contributed by atoms with Crippen LogP contribution in [0.15, 0.2) is 45.8 Å². The highest BCUT2D eigenvalue weighted by molar-refractivity contribution is 8.14. The second-order valence-electron chi connectivity index (χ2n) is 5.07. The van der Waals surface area contributed by atoms with Crippen LogP contribution in [-0.4, -0.2) is 34.2 Å². The molecule has 0 saturated heterocycles. The van der Waals surface area contributed by atoms with Gasteiger partial charge in [0.05, 0.1) is 11.3 Å². The second-order valence-corrected chi connectivity index (χ2v) is 7.07. The molecule has 6 nitrogen and oxygen atoms in total. The highest BCUT2D eigenvalue weighted by Gasteiger charge is 2.16. The SMILES string of the molecule is NC(=O)c1cc(C2=NNC(=NCCc3cccs3)SC2)ccc1O. The van der Waals surface area contributed by atoms with Gasteiger partial charge in [0.2, 0.25) is 0 Å². The van der Waals surface area contributed by atoms with Crippen molar-refractivity contribution >= 4 is 39.9 Å². The Morgan fingerprint density at radius 2 is 2.29 bits per heavy atom. The second kappa shape index (κ2) is 7.50. The van der Waals surface area contributed by atoms with Crippen LogP contribution < -0.4 is 11.2 Å². The van der Waals surface area contributed by atoms with E-state index in [9.17, 15) is 9.90 Å². The van der Waals surface area contributed by atoms with E-state index >= 15 is 0 Å². The summed E-state index contributed by atoms with van der Waals surface area (Å²) in [4.78, 5) is 17.1. The molecule has 0 aliphatic carbocycles. The van der Waals surface area contributed by atoms with Crippen LogP contribution in [0.3, 0.4) is 0 Å². The Bertz CT molecular complexity index is 800. The van der Waals surface area contributed by atoms with E-state index in [-0.39, 0.29) is 11.3 Å². The van der Waals surface area contributed by atoms with Crippen molar-refractivity contribution in [1.29, 1.82) is 0 Å². The lowest BCUT2D eigenvalue weighted by atomic mass is 10.1. The molecule has 0 bridgehead atoms. The fourth-order valence-corrected chi connectivity index (χ4v) is 3.68. The summed E-state index contributed by atoms with van der Waals surface area (Å²) in [6.45, 7) is 0.714. The lowest BCUT2D eigenvalue weighted by Gasteiger charge is -2.15. The number of hydrogen-bond acceptors (Lipinski definition) is 6. The molecule has 1 amide bonds. The number of hydrogen-bond donors (Lipinski definition) is 3. The van der Waals surface area contributed by atoms with E-state index in [1.807, 2.05) is 6.07 Å². The molecule has 24 heavy (non-hydrogen) atoms. The zero-order chi connectivity index (χ0) is 16.9. The Kier molecular flexibility index (Phi) is 5.17. The average molecular weight is 360 g/mol. The monoisotopic (exact) mass is 360 g/mol. The van der Waals surface area contributed by atoms with Crippen molar-refractivity contribution in [3.63, 3.8) is 0 Å². The summed E-state index contributed by atoms with van der Waals surface area (Å²) in [6, 6.07) is 8.85. The number of aliphatic imine (C=N–C) groups is 1. The Morgan fingerprint density at radius 3 is 2.96 bits per heavy atom. The molecule has 1 aliphatic heterocycles. The summed E-state index contributed by atoms with van der Waals surface area (Å²) >= 11 is 3.28. The summed E-state index contributed by atoms with van der Waals surface area (Å²) in [5.41, 5.74) is 9.81. The number of nitrogens with one attached hydrogen (secondary N) is 1. The first-order chi connectivity index (χ1) is 11.6. The van der Waals surface area contributed by atoms with Gasteiger partial charge in [0.15, 0.2) is 5.17 Å². The summed E-state index contributed by atoms with van der Waals surface area (Å²) < 4.78 is 0. The Labute approximate surface area is 147 Å². The maximum Gasteiger partial charge on any atom is 0.252 e. The summed E-state index contributed by atoms with van der Waals surface area (Å²) in [5, 5.41) is 16.8. The third-order valence-corrected chi connectivity index (χ3v) is 5.27. The van der Waals surface area contributed by atoms with Gasteiger partial charge in [-0.1, -0.05) is 17.8 Å². The molecule has 1 aromatic heterocycles. The van der Waals surface area contributed by atoms with E-state index in [4.69, 9.17) is 5.73 Å². The Morgan fingerprint density at radius 1 is 1.42 bits per heavy atom. The number of primary amides is 1. The molecule has 2 aromatic rings. The lowest BCUT2D eigenvalue weighted by molar-refractivity contribution is 0.0997. The van der Waals surface area contributed by atoms with Crippen LogP contribution in [0.5, 0.6) is 5.75 Å². The van der Waals surface area contributed by atoms with Gasteiger partial charge in [0.25, 0.3) is 5.91 Å². The maximum absolute atomic E-state index is 11.3. The maximum atomic E-state index is 11.3. The Hall–Kier alpha value is -2.32. The molecule has 1 aromatic carbocycles. The van der Waals surface area contributed by atoms with E-state index in [1.165, 1.54) is 10.9 Å². The topological polar surface area (TPSA) is 100 Å². The zero-order valence-electron chi connectivity index (χ0n) is 12.7. The number of aromatic hydroxyl groups is 1. The van der Waals surface area contributed by atoms with Crippen molar-refractivity contribution in [2.24, 2.45) is 15.8 Å². The van der Waals surface area contributed by atoms with Gasteiger partial charge in [-0.05, 0) is 35.2 Å². The van der Waals surface area contributed by atoms with Gasteiger partial charge in [-0.2, -0.15) is 5.10 Å². The molecule has 0 radical (unpaired) electrons. The molecule has 0 spiro atoms. The molecule has 0 fully saturated rings. The van der Waals surface area contributed by atoms with Crippen molar-refractivity contribution < 1.29 is 9.90 Å². The Balaban J connectivity index is 1.65. The van der Waals surface area contributed by atoms with Crippen LogP contribution in [0.4, 0.5) is 0 Å². The molecule has 2 heterocycles. The number of carbonyl (C=O) groups is 1. The predicted octanol–water partition coefficient (Wildman–Crippen LogP) is 2.19. The summed E-state index contributed by atoms with van der Waals surface area (Å²) in [5.74, 6) is -0.158. The van der Waals surface area contributed by atoms with Crippen LogP contribution in [0, 0.1) is 0 Å². The van der Waals surface area contributed by atoms with Crippen LogP contribution in [0.2, 0.25) is 0 Å². The first kappa shape index (κ1) is 16.5.